The summed E-state index contributed by atoms with van der Waals surface area (Å²) in [5.74, 6) is 0. The predicted molar refractivity (Wildman–Crippen MR) is 83.4 cm³/mol. The first kappa shape index (κ1) is 12.5. The Morgan fingerprint density at radius 2 is 1.70 bits per heavy atom. The first-order valence-corrected chi connectivity index (χ1v) is 6.59. The van der Waals surface area contributed by atoms with Gasteiger partial charge in [-0.2, -0.15) is 5.26 Å². The number of hydrogen-bond donors (Lipinski definition) is 1. The van der Waals surface area contributed by atoms with E-state index >= 15 is 0 Å². The monoisotopic (exact) mass is 278 g/mol. The Hall–Kier alpha value is -2.50. The minimum atomic E-state index is 0.539. The Balaban J connectivity index is 1.95. The van der Waals surface area contributed by atoms with Crippen molar-refractivity contribution in [2.75, 3.05) is 5.32 Å². The standard InChI is InChI=1S/C17H11ClN2/c18-16-9-12(11-19)5-8-17(16)20-15-7-6-13-3-1-2-4-14(13)10-15/h1-10,20H. The predicted octanol–water partition coefficient (Wildman–Crippen LogP) is 5.11. The lowest BCUT2D eigenvalue weighted by Gasteiger charge is -2.09. The molecule has 3 heteroatoms. The molecule has 3 aromatic rings. The molecule has 0 radical (unpaired) electrons. The van der Waals surface area contributed by atoms with E-state index < -0.39 is 0 Å². The quantitative estimate of drug-likeness (QED) is 0.707. The van der Waals surface area contributed by atoms with Gasteiger partial charge in [0, 0.05) is 5.69 Å². The van der Waals surface area contributed by atoms with Gasteiger partial charge in [-0.3, -0.25) is 0 Å². The fourth-order valence-corrected chi connectivity index (χ4v) is 2.34. The van der Waals surface area contributed by atoms with Crippen LogP contribution in [0.1, 0.15) is 5.56 Å². The molecule has 0 bridgehead atoms. The molecule has 0 amide bonds. The average Bonchev–Trinajstić information content (AvgIpc) is 2.49. The molecular weight excluding hydrogens is 268 g/mol. The number of fused-ring (bicyclic) bond motifs is 1. The highest BCUT2D eigenvalue weighted by Crippen LogP contribution is 2.28. The summed E-state index contributed by atoms with van der Waals surface area (Å²) in [6, 6.07) is 21.6. The van der Waals surface area contributed by atoms with E-state index in [1.54, 1.807) is 12.1 Å². The Bertz CT molecular complexity index is 819. The van der Waals surface area contributed by atoms with E-state index in [9.17, 15) is 0 Å². The van der Waals surface area contributed by atoms with E-state index in [4.69, 9.17) is 16.9 Å². The molecule has 96 valence electrons. The highest BCUT2D eigenvalue weighted by Gasteiger charge is 2.03. The van der Waals surface area contributed by atoms with Crippen LogP contribution in [0, 0.1) is 11.3 Å². The van der Waals surface area contributed by atoms with Crippen LogP contribution in [-0.4, -0.2) is 0 Å². The Labute approximate surface area is 122 Å². The van der Waals surface area contributed by atoms with Gasteiger partial charge in [0.2, 0.25) is 0 Å². The second kappa shape index (κ2) is 5.24. The number of benzene rings is 3. The van der Waals surface area contributed by atoms with Crippen molar-refractivity contribution in [2.24, 2.45) is 0 Å². The lowest BCUT2D eigenvalue weighted by atomic mass is 10.1. The van der Waals surface area contributed by atoms with Gasteiger partial charge in [-0.1, -0.05) is 41.9 Å². The van der Waals surface area contributed by atoms with E-state index in [0.29, 0.717) is 10.6 Å². The first-order chi connectivity index (χ1) is 9.76. The number of nitrogens with zero attached hydrogens (tertiary/aromatic N) is 1. The molecule has 0 aliphatic carbocycles. The summed E-state index contributed by atoms with van der Waals surface area (Å²) >= 11 is 6.16. The van der Waals surface area contributed by atoms with Crippen LogP contribution in [0.25, 0.3) is 10.8 Å². The van der Waals surface area contributed by atoms with Crippen LogP contribution >= 0.6 is 11.6 Å². The fourth-order valence-electron chi connectivity index (χ4n) is 2.11. The molecule has 0 aromatic heterocycles. The van der Waals surface area contributed by atoms with Crippen LogP contribution in [0.15, 0.2) is 60.7 Å². The third kappa shape index (κ3) is 2.45. The van der Waals surface area contributed by atoms with E-state index in [1.165, 1.54) is 10.8 Å². The molecule has 1 N–H and O–H groups in total. The number of hydrogen-bond acceptors (Lipinski definition) is 2. The van der Waals surface area contributed by atoms with Crippen molar-refractivity contribution in [3.8, 4) is 6.07 Å². The molecule has 0 unspecified atom stereocenters. The number of nitriles is 1. The molecule has 2 nitrogen and oxygen atoms in total. The topological polar surface area (TPSA) is 35.8 Å². The van der Waals surface area contributed by atoms with Gasteiger partial charge >= 0.3 is 0 Å². The minimum Gasteiger partial charge on any atom is -0.354 e. The summed E-state index contributed by atoms with van der Waals surface area (Å²) in [4.78, 5) is 0. The maximum absolute atomic E-state index is 8.83. The molecular formula is C17H11ClN2. The molecule has 20 heavy (non-hydrogen) atoms. The number of anilines is 2. The third-order valence-electron chi connectivity index (χ3n) is 3.13. The summed E-state index contributed by atoms with van der Waals surface area (Å²) in [5, 5.41) is 15.0. The van der Waals surface area contributed by atoms with Gasteiger partial charge < -0.3 is 5.32 Å². The van der Waals surface area contributed by atoms with Crippen LogP contribution in [-0.2, 0) is 0 Å². The summed E-state index contributed by atoms with van der Waals surface area (Å²) in [6.45, 7) is 0. The first-order valence-electron chi connectivity index (χ1n) is 6.22. The van der Waals surface area contributed by atoms with Gasteiger partial charge in [0.15, 0.2) is 0 Å². The number of halogens is 1. The van der Waals surface area contributed by atoms with Gasteiger partial charge in [-0.25, -0.2) is 0 Å². The summed E-state index contributed by atoms with van der Waals surface area (Å²) in [7, 11) is 0. The van der Waals surface area contributed by atoms with Crippen molar-refractivity contribution in [1.82, 2.24) is 0 Å². The van der Waals surface area contributed by atoms with Gasteiger partial charge in [0.05, 0.1) is 22.3 Å². The van der Waals surface area contributed by atoms with Crippen molar-refractivity contribution in [3.05, 3.63) is 71.2 Å². The molecule has 3 aromatic carbocycles. The van der Waals surface area contributed by atoms with E-state index in [0.717, 1.165) is 11.4 Å². The Morgan fingerprint density at radius 3 is 2.45 bits per heavy atom. The summed E-state index contributed by atoms with van der Waals surface area (Å²) in [5.41, 5.74) is 2.32. The average molecular weight is 279 g/mol. The van der Waals surface area contributed by atoms with Gasteiger partial charge in [0.25, 0.3) is 0 Å². The lowest BCUT2D eigenvalue weighted by molar-refractivity contribution is 1.48. The highest BCUT2D eigenvalue weighted by atomic mass is 35.5. The molecule has 0 atom stereocenters. The molecule has 0 heterocycles. The molecule has 0 spiro atoms. The van der Waals surface area contributed by atoms with Crippen LogP contribution in [0.4, 0.5) is 11.4 Å². The molecule has 0 aliphatic heterocycles. The molecule has 0 saturated carbocycles. The van der Waals surface area contributed by atoms with Gasteiger partial charge in [-0.15, -0.1) is 0 Å². The third-order valence-corrected chi connectivity index (χ3v) is 3.44. The van der Waals surface area contributed by atoms with Gasteiger partial charge in [-0.05, 0) is 41.1 Å². The molecule has 0 saturated heterocycles. The molecule has 0 aliphatic rings. The van der Waals surface area contributed by atoms with E-state index in [1.807, 2.05) is 24.3 Å². The fraction of sp³-hybridized carbons (Fsp3) is 0. The second-order valence-electron chi connectivity index (χ2n) is 4.49. The van der Waals surface area contributed by atoms with Crippen molar-refractivity contribution < 1.29 is 0 Å². The van der Waals surface area contributed by atoms with Crippen LogP contribution < -0.4 is 5.32 Å². The largest absolute Gasteiger partial charge is 0.354 e. The molecule has 0 fully saturated rings. The molecule has 3 rings (SSSR count). The minimum absolute atomic E-state index is 0.539. The summed E-state index contributed by atoms with van der Waals surface area (Å²) in [6.07, 6.45) is 0. The maximum Gasteiger partial charge on any atom is 0.0992 e. The normalized spacial score (nSPS) is 10.2. The van der Waals surface area contributed by atoms with Crippen LogP contribution in [0.5, 0.6) is 0 Å². The zero-order valence-electron chi connectivity index (χ0n) is 10.6. The highest BCUT2D eigenvalue weighted by molar-refractivity contribution is 6.33. The van der Waals surface area contributed by atoms with Crippen LogP contribution in [0.3, 0.4) is 0 Å². The lowest BCUT2D eigenvalue weighted by Crippen LogP contribution is -1.91. The van der Waals surface area contributed by atoms with Crippen LogP contribution in [0.2, 0.25) is 5.02 Å². The Kier molecular flexibility index (Phi) is 3.28. The van der Waals surface area contributed by atoms with Crippen molar-refractivity contribution in [1.29, 1.82) is 5.26 Å². The van der Waals surface area contributed by atoms with E-state index in [-0.39, 0.29) is 0 Å². The summed E-state index contributed by atoms with van der Waals surface area (Å²) < 4.78 is 0. The SMILES string of the molecule is N#Cc1ccc(Nc2ccc3ccccc3c2)c(Cl)c1. The Morgan fingerprint density at radius 1 is 0.900 bits per heavy atom. The van der Waals surface area contributed by atoms with Gasteiger partial charge in [0.1, 0.15) is 0 Å². The maximum atomic E-state index is 8.83. The second-order valence-corrected chi connectivity index (χ2v) is 4.90. The van der Waals surface area contributed by atoms with Crippen molar-refractivity contribution >= 4 is 33.7 Å². The van der Waals surface area contributed by atoms with Crippen molar-refractivity contribution in [3.63, 3.8) is 0 Å². The zero-order chi connectivity index (χ0) is 13.9. The van der Waals surface area contributed by atoms with E-state index in [2.05, 4.69) is 35.7 Å². The zero-order valence-corrected chi connectivity index (χ0v) is 11.4. The smallest absolute Gasteiger partial charge is 0.0992 e. The number of rotatable bonds is 2. The number of nitrogens with one attached hydrogen (secondary N) is 1. The van der Waals surface area contributed by atoms with Crippen molar-refractivity contribution in [2.45, 2.75) is 0 Å².